The molecular formula is C32H20F6N8O2S. The van der Waals surface area contributed by atoms with E-state index >= 15 is 0 Å². The second kappa shape index (κ2) is 11.1. The van der Waals surface area contributed by atoms with Crippen molar-refractivity contribution in [2.75, 3.05) is 5.32 Å². The number of carbonyl (C=O) groups excluding carboxylic acids is 2. The summed E-state index contributed by atoms with van der Waals surface area (Å²) in [7, 11) is 1.58. The average Bonchev–Trinajstić information content (AvgIpc) is 3.74. The molecule has 5 heterocycles. The number of pyridine rings is 1. The maximum atomic E-state index is 14.4. The smallest absolute Gasteiger partial charge is 0.365 e. The highest BCUT2D eigenvalue weighted by atomic mass is 32.1. The highest BCUT2D eigenvalue weighted by Crippen LogP contribution is 2.44. The number of halogens is 6. The van der Waals surface area contributed by atoms with Crippen molar-refractivity contribution in [2.24, 2.45) is 12.8 Å². The maximum Gasteiger partial charge on any atom is 0.433 e. The van der Waals surface area contributed by atoms with Gasteiger partial charge in [-0.2, -0.15) is 36.5 Å². The van der Waals surface area contributed by atoms with Crippen LogP contribution in [0.3, 0.4) is 0 Å². The first kappa shape index (κ1) is 31.7. The molecule has 0 aliphatic rings. The number of amides is 2. The van der Waals surface area contributed by atoms with E-state index in [1.54, 1.807) is 56.4 Å². The fraction of sp³-hybridized carbons (Fsp3) is 0.125. The van der Waals surface area contributed by atoms with Gasteiger partial charge in [-0.3, -0.25) is 14.3 Å². The fourth-order valence-corrected chi connectivity index (χ4v) is 6.61. The Morgan fingerprint density at radius 1 is 0.878 bits per heavy atom. The molecular weight excluding hydrogens is 674 g/mol. The summed E-state index contributed by atoms with van der Waals surface area (Å²) in [5.41, 5.74) is 2.89. The number of carbonyl (C=O) groups is 2. The number of anilines is 1. The predicted molar refractivity (Wildman–Crippen MR) is 169 cm³/mol. The molecule has 0 unspecified atom stereocenters. The third kappa shape index (κ3) is 5.31. The van der Waals surface area contributed by atoms with E-state index in [9.17, 15) is 35.9 Å². The fourth-order valence-electron chi connectivity index (χ4n) is 5.60. The minimum absolute atomic E-state index is 0.0480. The summed E-state index contributed by atoms with van der Waals surface area (Å²) in [6, 6.07) is 13.6. The standard InChI is InChI=1S/C32H20F6N8O2S/c1-14-19(12-40-45(14)2)18-10-22(31(33,34)35)43-30-24(18)25(26(49-30)27(39)47)44-29(48)20-13-41-46-23(32(36,37)38)11-21(42-28(20)46)17-9-5-7-15-6-3-4-8-16(15)17/h3-13H,1-2H3,(H2,39,47)(H,44,48). The second-order valence-electron chi connectivity index (χ2n) is 11.0. The number of nitrogens with two attached hydrogens (primary N) is 1. The third-order valence-electron chi connectivity index (χ3n) is 8.01. The molecule has 17 heteroatoms. The lowest BCUT2D eigenvalue weighted by Gasteiger charge is -2.13. The zero-order chi connectivity index (χ0) is 35.0. The average molecular weight is 695 g/mol. The molecule has 7 rings (SSSR count). The number of fused-ring (bicyclic) bond motifs is 3. The van der Waals surface area contributed by atoms with E-state index in [0.717, 1.165) is 23.7 Å². The number of thiophene rings is 1. The molecule has 49 heavy (non-hydrogen) atoms. The van der Waals surface area contributed by atoms with Crippen LogP contribution in [-0.2, 0) is 19.4 Å². The van der Waals surface area contributed by atoms with E-state index in [2.05, 4.69) is 25.5 Å². The van der Waals surface area contributed by atoms with E-state index in [-0.39, 0.29) is 37.6 Å². The monoisotopic (exact) mass is 694 g/mol. The van der Waals surface area contributed by atoms with Crippen molar-refractivity contribution in [3.63, 3.8) is 0 Å². The molecule has 0 atom stereocenters. The van der Waals surface area contributed by atoms with E-state index < -0.39 is 46.8 Å². The molecule has 0 saturated heterocycles. The van der Waals surface area contributed by atoms with Gasteiger partial charge in [0.15, 0.2) is 11.3 Å². The largest absolute Gasteiger partial charge is 0.433 e. The molecule has 5 aromatic heterocycles. The van der Waals surface area contributed by atoms with Gasteiger partial charge in [0.1, 0.15) is 21.0 Å². The van der Waals surface area contributed by atoms with E-state index in [1.165, 1.54) is 10.9 Å². The molecule has 10 nitrogen and oxygen atoms in total. The van der Waals surface area contributed by atoms with Crippen LogP contribution < -0.4 is 11.1 Å². The normalized spacial score (nSPS) is 12.3. The van der Waals surface area contributed by atoms with Crippen LogP contribution in [0.15, 0.2) is 67.0 Å². The van der Waals surface area contributed by atoms with Crippen molar-refractivity contribution in [1.29, 1.82) is 0 Å². The first-order chi connectivity index (χ1) is 23.1. The zero-order valence-electron chi connectivity index (χ0n) is 25.1. The Bertz CT molecular complexity index is 2490. The van der Waals surface area contributed by atoms with Crippen LogP contribution in [0.4, 0.5) is 32.0 Å². The van der Waals surface area contributed by atoms with Crippen LogP contribution in [-0.4, -0.2) is 41.2 Å². The van der Waals surface area contributed by atoms with Crippen molar-refractivity contribution in [3.05, 3.63) is 94.5 Å². The van der Waals surface area contributed by atoms with Crippen molar-refractivity contribution < 1.29 is 35.9 Å². The number of aryl methyl sites for hydroxylation is 1. The van der Waals surface area contributed by atoms with Crippen LogP contribution in [0, 0.1) is 6.92 Å². The molecule has 0 saturated carbocycles. The Hall–Kier alpha value is -5.84. The second-order valence-corrected chi connectivity index (χ2v) is 12.0. The topological polar surface area (TPSA) is 133 Å². The maximum absolute atomic E-state index is 14.4. The molecule has 0 spiro atoms. The molecule has 0 radical (unpaired) electrons. The number of primary amides is 1. The third-order valence-corrected chi connectivity index (χ3v) is 9.11. The van der Waals surface area contributed by atoms with Crippen molar-refractivity contribution >= 4 is 55.5 Å². The summed E-state index contributed by atoms with van der Waals surface area (Å²) in [6.07, 6.45) is -7.59. The van der Waals surface area contributed by atoms with Gasteiger partial charge in [0, 0.05) is 29.3 Å². The van der Waals surface area contributed by atoms with Gasteiger partial charge in [-0.25, -0.2) is 14.5 Å². The van der Waals surface area contributed by atoms with Gasteiger partial charge in [-0.1, -0.05) is 42.5 Å². The number of rotatable bonds is 5. The summed E-state index contributed by atoms with van der Waals surface area (Å²) in [5.74, 6) is -2.14. The number of alkyl halides is 6. The van der Waals surface area contributed by atoms with Gasteiger partial charge in [0.05, 0.1) is 23.8 Å². The van der Waals surface area contributed by atoms with E-state index in [4.69, 9.17) is 5.73 Å². The first-order valence-corrected chi connectivity index (χ1v) is 15.0. The van der Waals surface area contributed by atoms with Gasteiger partial charge in [0.2, 0.25) is 0 Å². The lowest BCUT2D eigenvalue weighted by Crippen LogP contribution is -2.18. The Morgan fingerprint density at radius 3 is 2.29 bits per heavy atom. The molecule has 7 aromatic rings. The van der Waals surface area contributed by atoms with Crippen LogP contribution >= 0.6 is 11.3 Å². The minimum Gasteiger partial charge on any atom is -0.365 e. The number of hydrogen-bond donors (Lipinski definition) is 2. The van der Waals surface area contributed by atoms with Gasteiger partial charge in [-0.15, -0.1) is 11.3 Å². The molecule has 2 aromatic carbocycles. The van der Waals surface area contributed by atoms with Crippen molar-refractivity contribution in [1.82, 2.24) is 29.4 Å². The molecule has 3 N–H and O–H groups in total. The number of hydrogen-bond acceptors (Lipinski definition) is 7. The summed E-state index contributed by atoms with van der Waals surface area (Å²) in [5, 5.41) is 11.7. The van der Waals surface area contributed by atoms with Gasteiger partial charge < -0.3 is 11.1 Å². The summed E-state index contributed by atoms with van der Waals surface area (Å²) >= 11 is 0.520. The van der Waals surface area contributed by atoms with Crippen LogP contribution in [0.5, 0.6) is 0 Å². The van der Waals surface area contributed by atoms with Crippen LogP contribution in [0.1, 0.15) is 37.1 Å². The lowest BCUT2D eigenvalue weighted by atomic mass is 10.0. The highest BCUT2D eigenvalue weighted by Gasteiger charge is 2.38. The number of nitrogens with zero attached hydrogens (tertiary/aromatic N) is 6. The van der Waals surface area contributed by atoms with Crippen molar-refractivity contribution in [3.8, 4) is 22.4 Å². The highest BCUT2D eigenvalue weighted by molar-refractivity contribution is 7.21. The Morgan fingerprint density at radius 2 is 1.61 bits per heavy atom. The molecule has 248 valence electrons. The first-order valence-electron chi connectivity index (χ1n) is 14.2. The quantitative estimate of drug-likeness (QED) is 0.182. The Labute approximate surface area is 274 Å². The number of benzene rings is 2. The van der Waals surface area contributed by atoms with E-state index in [1.807, 2.05) is 0 Å². The van der Waals surface area contributed by atoms with Crippen LogP contribution in [0.25, 0.3) is 49.0 Å². The molecule has 0 fully saturated rings. The minimum atomic E-state index is -4.92. The predicted octanol–water partition coefficient (Wildman–Crippen LogP) is 7.26. The van der Waals surface area contributed by atoms with Gasteiger partial charge in [0.25, 0.3) is 11.8 Å². The van der Waals surface area contributed by atoms with E-state index in [0.29, 0.717) is 32.5 Å². The Balaban J connectivity index is 1.43. The number of aromatic nitrogens is 6. The molecule has 2 amide bonds. The molecule has 0 aliphatic carbocycles. The van der Waals surface area contributed by atoms with Gasteiger partial charge >= 0.3 is 12.4 Å². The number of nitrogens with one attached hydrogen (secondary N) is 1. The summed E-state index contributed by atoms with van der Waals surface area (Å²) < 4.78 is 86.9. The molecule has 0 aliphatic heterocycles. The van der Waals surface area contributed by atoms with Gasteiger partial charge in [-0.05, 0) is 35.4 Å². The summed E-state index contributed by atoms with van der Waals surface area (Å²) in [4.78, 5) is 34.0. The summed E-state index contributed by atoms with van der Waals surface area (Å²) in [6.45, 7) is 1.61. The Kier molecular flexibility index (Phi) is 7.20. The lowest BCUT2D eigenvalue weighted by molar-refractivity contribution is -0.143. The zero-order valence-corrected chi connectivity index (χ0v) is 25.9. The van der Waals surface area contributed by atoms with Crippen molar-refractivity contribution in [2.45, 2.75) is 19.3 Å². The molecule has 0 bridgehead atoms. The van der Waals surface area contributed by atoms with Crippen LogP contribution in [0.2, 0.25) is 0 Å². The SMILES string of the molecule is Cc1c(-c2cc(C(F)(F)F)nc3sc(C(N)=O)c(NC(=O)c4cnn5c(C(F)(F)F)cc(-c6cccc7ccccc67)nc45)c23)cnn1C.